The molecule has 0 amide bonds. The molecule has 0 bridgehead atoms. The van der Waals surface area contributed by atoms with E-state index < -0.39 is 0 Å². The van der Waals surface area contributed by atoms with Crippen LogP contribution in [0.25, 0.3) is 43.8 Å². The molecule has 0 saturated heterocycles. The third-order valence-corrected chi connectivity index (χ3v) is 7.24. The highest BCUT2D eigenvalue weighted by atomic mass is 32.2. The van der Waals surface area contributed by atoms with E-state index in [0.717, 1.165) is 0 Å². The Labute approximate surface area is 222 Å². The van der Waals surface area contributed by atoms with Gasteiger partial charge in [-0.1, -0.05) is 120 Å². The minimum atomic E-state index is 0.539. The molecule has 0 N–H and O–H groups in total. The van der Waals surface area contributed by atoms with E-state index in [2.05, 4.69) is 118 Å². The van der Waals surface area contributed by atoms with Crippen molar-refractivity contribution >= 4 is 33.3 Å². The molecule has 5 aromatic carbocycles. The number of hydrogen-bond donors (Lipinski definition) is 0. The zero-order valence-corrected chi connectivity index (χ0v) is 24.0. The van der Waals surface area contributed by atoms with E-state index in [1.165, 1.54) is 59.8 Å². The quantitative estimate of drug-likeness (QED) is 0.177. The van der Waals surface area contributed by atoms with E-state index in [0.29, 0.717) is 5.92 Å². The maximum Gasteiger partial charge on any atom is 0.0151 e. The molecule has 0 aromatic heterocycles. The molecule has 0 unspecified atom stereocenters. The number of fused-ring (bicyclic) bond motifs is 2. The maximum atomic E-state index is 2.38. The fraction of sp³-hybridized carbons (Fsp3) is 0.257. The topological polar surface area (TPSA) is 0 Å². The Morgan fingerprint density at radius 2 is 1.11 bits per heavy atom. The molecule has 0 spiro atoms. The molecule has 186 valence electrons. The second-order valence-corrected chi connectivity index (χ2v) is 9.68. The van der Waals surface area contributed by atoms with Gasteiger partial charge in [-0.15, -0.1) is 11.8 Å². The molecule has 0 fully saturated rings. The molecule has 1 heteroatoms. The van der Waals surface area contributed by atoms with Crippen LogP contribution in [0.4, 0.5) is 0 Å². The Bertz CT molecular complexity index is 1370. The molecule has 36 heavy (non-hydrogen) atoms. The van der Waals surface area contributed by atoms with Gasteiger partial charge >= 0.3 is 0 Å². The van der Waals surface area contributed by atoms with E-state index in [-0.39, 0.29) is 0 Å². The van der Waals surface area contributed by atoms with Gasteiger partial charge < -0.3 is 0 Å². The fourth-order valence-electron chi connectivity index (χ4n) is 4.86. The van der Waals surface area contributed by atoms with Gasteiger partial charge in [0.25, 0.3) is 0 Å². The minimum Gasteiger partial charge on any atom is -0.129 e. The lowest BCUT2D eigenvalue weighted by Gasteiger charge is -2.17. The first-order valence-electron chi connectivity index (χ1n) is 13.3. The highest BCUT2D eigenvalue weighted by Crippen LogP contribution is 2.39. The molecule has 0 radical (unpaired) electrons. The van der Waals surface area contributed by atoms with E-state index in [9.17, 15) is 0 Å². The van der Waals surface area contributed by atoms with E-state index >= 15 is 0 Å². The lowest BCUT2D eigenvalue weighted by molar-refractivity contribution is 0.852. The number of hydrogen-bond acceptors (Lipinski definition) is 1. The summed E-state index contributed by atoms with van der Waals surface area (Å²) in [5, 5.41) is 5.19. The van der Waals surface area contributed by atoms with Crippen molar-refractivity contribution in [2.24, 2.45) is 0 Å². The molecule has 0 nitrogen and oxygen atoms in total. The third kappa shape index (κ3) is 5.52. The molecule has 0 heterocycles. The monoisotopic (exact) mass is 492 g/mol. The molecule has 0 aliphatic rings. The Morgan fingerprint density at radius 3 is 1.61 bits per heavy atom. The Hall–Kier alpha value is -3.03. The summed E-state index contributed by atoms with van der Waals surface area (Å²) < 4.78 is 0. The van der Waals surface area contributed by atoms with Crippen LogP contribution in [0.15, 0.2) is 95.9 Å². The van der Waals surface area contributed by atoms with Crippen molar-refractivity contribution in [2.75, 3.05) is 6.26 Å². The number of aryl methyl sites for hydroxylation is 1. The van der Waals surface area contributed by atoms with Crippen molar-refractivity contribution in [1.82, 2.24) is 0 Å². The summed E-state index contributed by atoms with van der Waals surface area (Å²) in [6.45, 7) is 14.8. The Kier molecular flexibility index (Phi) is 9.79. The lowest BCUT2D eigenvalue weighted by Crippen LogP contribution is -1.95. The van der Waals surface area contributed by atoms with Crippen molar-refractivity contribution < 1.29 is 0 Å². The number of benzene rings is 5. The first kappa shape index (κ1) is 27.6. The summed E-state index contributed by atoms with van der Waals surface area (Å²) in [6.07, 6.45) is 2.18. The summed E-state index contributed by atoms with van der Waals surface area (Å²) in [5.74, 6) is 0.539. The van der Waals surface area contributed by atoms with Gasteiger partial charge in [0.15, 0.2) is 0 Å². The molecule has 0 saturated carbocycles. The molecule has 0 aliphatic carbocycles. The van der Waals surface area contributed by atoms with Gasteiger partial charge in [-0.25, -0.2) is 0 Å². The van der Waals surface area contributed by atoms with Crippen LogP contribution >= 0.6 is 11.8 Å². The first-order valence-corrected chi connectivity index (χ1v) is 14.5. The minimum absolute atomic E-state index is 0.539. The SMILES string of the molecule is CC.CC.CSc1cc(C(C)C)c(C)cc1-c1ccc(-c2c3ccccc3cc3ccccc23)cc1. The molecule has 5 aromatic rings. The molecular formula is C35H40S. The second-order valence-electron chi connectivity index (χ2n) is 8.83. The van der Waals surface area contributed by atoms with Gasteiger partial charge in [-0.2, -0.15) is 0 Å². The van der Waals surface area contributed by atoms with Crippen molar-refractivity contribution in [3.8, 4) is 22.3 Å². The first-order chi connectivity index (χ1) is 17.6. The summed E-state index contributed by atoms with van der Waals surface area (Å²) in [4.78, 5) is 1.35. The Morgan fingerprint density at radius 1 is 0.611 bits per heavy atom. The molecule has 0 atom stereocenters. The van der Waals surface area contributed by atoms with Gasteiger partial charge in [0.2, 0.25) is 0 Å². The summed E-state index contributed by atoms with van der Waals surface area (Å²) in [7, 11) is 0. The van der Waals surface area contributed by atoms with Crippen LogP contribution < -0.4 is 0 Å². The lowest BCUT2D eigenvalue weighted by atomic mass is 9.90. The van der Waals surface area contributed by atoms with Gasteiger partial charge in [0.05, 0.1) is 0 Å². The smallest absolute Gasteiger partial charge is 0.0151 e. The second kappa shape index (κ2) is 12.8. The largest absolute Gasteiger partial charge is 0.129 e. The average molecular weight is 493 g/mol. The molecule has 5 rings (SSSR count). The van der Waals surface area contributed by atoms with Crippen LogP contribution in [0.5, 0.6) is 0 Å². The number of thioether (sulfide) groups is 1. The van der Waals surface area contributed by atoms with E-state index in [4.69, 9.17) is 0 Å². The normalized spacial score (nSPS) is 10.6. The van der Waals surface area contributed by atoms with Crippen LogP contribution in [0.1, 0.15) is 58.6 Å². The summed E-state index contributed by atoms with van der Waals surface area (Å²) in [6, 6.07) is 33.6. The molecular weight excluding hydrogens is 452 g/mol. The standard InChI is InChI=1S/C31H28S.2C2H6/c1-20(2)28-19-30(32-4)29(17-21(28)3)22-13-15-23(16-14-22)31-26-11-7-5-9-24(26)18-25-10-6-8-12-27(25)31;2*1-2/h5-20H,1-4H3;2*1-2H3. The molecule has 0 aliphatic heterocycles. The Balaban J connectivity index is 0.000000861. The zero-order chi connectivity index (χ0) is 26.2. The van der Waals surface area contributed by atoms with Crippen molar-refractivity contribution in [1.29, 1.82) is 0 Å². The number of rotatable bonds is 4. The van der Waals surface area contributed by atoms with Gasteiger partial charge in [-0.3, -0.25) is 0 Å². The van der Waals surface area contributed by atoms with Gasteiger partial charge in [0, 0.05) is 4.90 Å². The van der Waals surface area contributed by atoms with E-state index in [1.807, 2.05) is 39.5 Å². The van der Waals surface area contributed by atoms with Crippen LogP contribution in [0.2, 0.25) is 0 Å². The third-order valence-electron chi connectivity index (χ3n) is 6.47. The average Bonchev–Trinajstić information content (AvgIpc) is 2.93. The van der Waals surface area contributed by atoms with Crippen LogP contribution in [-0.4, -0.2) is 6.26 Å². The summed E-state index contributed by atoms with van der Waals surface area (Å²) >= 11 is 1.83. The van der Waals surface area contributed by atoms with Crippen LogP contribution in [-0.2, 0) is 0 Å². The fourth-order valence-corrected chi connectivity index (χ4v) is 5.50. The predicted molar refractivity (Wildman–Crippen MR) is 166 cm³/mol. The highest BCUT2D eigenvalue weighted by molar-refractivity contribution is 7.98. The van der Waals surface area contributed by atoms with Crippen LogP contribution in [0, 0.1) is 6.92 Å². The zero-order valence-electron chi connectivity index (χ0n) is 23.1. The van der Waals surface area contributed by atoms with Crippen molar-refractivity contribution in [3.63, 3.8) is 0 Å². The van der Waals surface area contributed by atoms with Gasteiger partial charge in [-0.05, 0) is 86.2 Å². The predicted octanol–water partition coefficient (Wildman–Crippen LogP) is 11.5. The maximum absolute atomic E-state index is 2.38. The summed E-state index contributed by atoms with van der Waals surface area (Å²) in [5.41, 5.74) is 8.01. The highest BCUT2D eigenvalue weighted by Gasteiger charge is 2.13. The van der Waals surface area contributed by atoms with Crippen molar-refractivity contribution in [2.45, 2.75) is 59.3 Å². The van der Waals surface area contributed by atoms with Crippen molar-refractivity contribution in [3.05, 3.63) is 102 Å². The van der Waals surface area contributed by atoms with Gasteiger partial charge in [0.1, 0.15) is 0 Å². The van der Waals surface area contributed by atoms with Crippen LogP contribution in [0.3, 0.4) is 0 Å². The van der Waals surface area contributed by atoms with E-state index in [1.54, 1.807) is 0 Å².